The van der Waals surface area contributed by atoms with Crippen LogP contribution in [0.1, 0.15) is 6.92 Å². The van der Waals surface area contributed by atoms with E-state index in [2.05, 4.69) is 4.74 Å². The predicted octanol–water partition coefficient (Wildman–Crippen LogP) is 3.79. The van der Waals surface area contributed by atoms with E-state index >= 15 is 0 Å². The van der Waals surface area contributed by atoms with Crippen molar-refractivity contribution in [3.05, 3.63) is 41.3 Å². The number of alkyl halides is 3. The second-order valence-electron chi connectivity index (χ2n) is 3.18. The first-order valence-electron chi connectivity index (χ1n) is 5.11. The Bertz CT molecular complexity index is 427. The van der Waals surface area contributed by atoms with Crippen LogP contribution in [-0.4, -0.2) is 18.8 Å². The average Bonchev–Trinajstić information content (AvgIpc) is 2.29. The molecule has 0 unspecified atom stereocenters. The van der Waals surface area contributed by atoms with Gasteiger partial charge in [0.05, 0.1) is 6.61 Å². The molecule has 2 nitrogen and oxygen atoms in total. The largest absolute Gasteiger partial charge is 0.462 e. The summed E-state index contributed by atoms with van der Waals surface area (Å²) in [5.41, 5.74) is -1.29. The zero-order valence-corrected chi connectivity index (χ0v) is 10.3. The van der Waals surface area contributed by atoms with Gasteiger partial charge in [-0.15, -0.1) is 0 Å². The van der Waals surface area contributed by atoms with E-state index in [4.69, 9.17) is 0 Å². The second kappa shape index (κ2) is 6.49. The third kappa shape index (κ3) is 4.44. The molecule has 0 bridgehead atoms. The predicted molar refractivity (Wildman–Crippen MR) is 63.1 cm³/mol. The summed E-state index contributed by atoms with van der Waals surface area (Å²) in [5, 5.41) is 0.771. The van der Waals surface area contributed by atoms with Gasteiger partial charge in [0.2, 0.25) is 0 Å². The number of carbonyl (C=O) groups excluding carboxylic acids is 1. The van der Waals surface area contributed by atoms with E-state index in [-0.39, 0.29) is 6.61 Å². The zero-order valence-electron chi connectivity index (χ0n) is 9.53. The van der Waals surface area contributed by atoms with Crippen LogP contribution in [0.2, 0.25) is 0 Å². The fraction of sp³-hybridized carbons (Fsp3) is 0.250. The van der Waals surface area contributed by atoms with Crippen molar-refractivity contribution in [3.63, 3.8) is 0 Å². The molecule has 98 valence electrons. The minimum absolute atomic E-state index is 0.0950. The number of carbonyl (C=O) groups is 1. The Kier molecular flexibility index (Phi) is 5.27. The Labute approximate surface area is 107 Å². The fourth-order valence-corrected chi connectivity index (χ4v) is 1.86. The van der Waals surface area contributed by atoms with Crippen molar-refractivity contribution in [2.45, 2.75) is 18.0 Å². The number of benzene rings is 1. The van der Waals surface area contributed by atoms with E-state index < -0.39 is 17.7 Å². The Hall–Kier alpha value is -1.43. The van der Waals surface area contributed by atoms with Crippen molar-refractivity contribution < 1.29 is 22.7 Å². The summed E-state index contributed by atoms with van der Waals surface area (Å²) in [7, 11) is 0. The van der Waals surface area contributed by atoms with Gasteiger partial charge in [-0.2, -0.15) is 13.2 Å². The average molecular weight is 276 g/mol. The van der Waals surface area contributed by atoms with E-state index in [9.17, 15) is 18.0 Å². The maximum absolute atomic E-state index is 12.6. The monoisotopic (exact) mass is 276 g/mol. The molecule has 1 aromatic rings. The number of thioether (sulfide) groups is 1. The van der Waals surface area contributed by atoms with Crippen LogP contribution in [0.5, 0.6) is 0 Å². The lowest BCUT2D eigenvalue weighted by molar-refractivity contribution is -0.150. The molecule has 0 aliphatic carbocycles. The summed E-state index contributed by atoms with van der Waals surface area (Å²) in [6.45, 7) is 1.36. The molecule has 0 saturated carbocycles. The standard InChI is InChI=1S/C12H11F3O2S/c1-2-17-11(16)10(12(13,14)15)8-18-9-6-4-3-5-7-9/h3-8H,2H2,1H3/b10-8-. The van der Waals surface area contributed by atoms with Crippen LogP contribution in [0.15, 0.2) is 46.2 Å². The minimum atomic E-state index is -4.71. The maximum atomic E-state index is 12.6. The Balaban J connectivity index is 2.87. The lowest BCUT2D eigenvalue weighted by Crippen LogP contribution is -2.21. The van der Waals surface area contributed by atoms with Gasteiger partial charge in [0.15, 0.2) is 0 Å². The van der Waals surface area contributed by atoms with Crippen molar-refractivity contribution in [1.82, 2.24) is 0 Å². The number of esters is 1. The number of hydrogen-bond acceptors (Lipinski definition) is 3. The summed E-state index contributed by atoms with van der Waals surface area (Å²) < 4.78 is 42.2. The first-order valence-corrected chi connectivity index (χ1v) is 5.99. The van der Waals surface area contributed by atoms with Crippen molar-refractivity contribution in [1.29, 1.82) is 0 Å². The normalized spacial score (nSPS) is 12.3. The molecule has 0 atom stereocenters. The molecule has 0 amide bonds. The summed E-state index contributed by atoms with van der Waals surface area (Å²) in [6.07, 6.45) is -4.71. The number of rotatable bonds is 4. The highest BCUT2D eigenvalue weighted by molar-refractivity contribution is 8.02. The van der Waals surface area contributed by atoms with Gasteiger partial charge in [-0.25, -0.2) is 4.79 Å². The SMILES string of the molecule is CCOC(=O)/C(=C/Sc1ccccc1)C(F)(F)F. The summed E-state index contributed by atoms with van der Waals surface area (Å²) >= 11 is 0.827. The molecule has 1 rings (SSSR count). The third-order valence-corrected chi connectivity index (χ3v) is 2.75. The highest BCUT2D eigenvalue weighted by atomic mass is 32.2. The molecule has 6 heteroatoms. The van der Waals surface area contributed by atoms with Crippen LogP contribution in [0, 0.1) is 0 Å². The van der Waals surface area contributed by atoms with Gasteiger partial charge in [-0.3, -0.25) is 0 Å². The van der Waals surface area contributed by atoms with Gasteiger partial charge in [0.1, 0.15) is 5.57 Å². The molecule has 0 aromatic heterocycles. The van der Waals surface area contributed by atoms with Crippen molar-refractivity contribution in [3.8, 4) is 0 Å². The van der Waals surface area contributed by atoms with Gasteiger partial charge in [-0.05, 0) is 24.5 Å². The number of halogens is 3. The van der Waals surface area contributed by atoms with Crippen molar-refractivity contribution in [2.75, 3.05) is 6.61 Å². The molecule has 0 heterocycles. The number of hydrogen-bond donors (Lipinski definition) is 0. The summed E-state index contributed by atoms with van der Waals surface area (Å²) in [4.78, 5) is 11.8. The number of ether oxygens (including phenoxy) is 1. The van der Waals surface area contributed by atoms with Crippen LogP contribution < -0.4 is 0 Å². The molecular formula is C12H11F3O2S. The van der Waals surface area contributed by atoms with Crippen LogP contribution in [-0.2, 0) is 9.53 Å². The summed E-state index contributed by atoms with van der Waals surface area (Å²) in [6, 6.07) is 8.46. The molecule has 0 radical (unpaired) electrons. The minimum Gasteiger partial charge on any atom is -0.462 e. The molecular weight excluding hydrogens is 265 g/mol. The Morgan fingerprint density at radius 2 is 1.94 bits per heavy atom. The molecule has 0 N–H and O–H groups in total. The Morgan fingerprint density at radius 3 is 2.44 bits per heavy atom. The van der Waals surface area contributed by atoms with E-state index in [1.54, 1.807) is 30.3 Å². The lowest BCUT2D eigenvalue weighted by Gasteiger charge is -2.10. The van der Waals surface area contributed by atoms with E-state index in [1.807, 2.05) is 0 Å². The summed E-state index contributed by atoms with van der Waals surface area (Å²) in [5.74, 6) is -1.35. The highest BCUT2D eigenvalue weighted by Crippen LogP contribution is 2.31. The molecule has 0 saturated heterocycles. The smallest absolute Gasteiger partial charge is 0.423 e. The van der Waals surface area contributed by atoms with Crippen LogP contribution in [0.25, 0.3) is 0 Å². The molecule has 1 aromatic carbocycles. The van der Waals surface area contributed by atoms with Crippen LogP contribution >= 0.6 is 11.8 Å². The Morgan fingerprint density at radius 1 is 1.33 bits per heavy atom. The van der Waals surface area contributed by atoms with Crippen LogP contribution in [0.3, 0.4) is 0 Å². The second-order valence-corrected chi connectivity index (χ2v) is 4.12. The first-order chi connectivity index (χ1) is 8.45. The fourth-order valence-electron chi connectivity index (χ4n) is 1.07. The van der Waals surface area contributed by atoms with Gasteiger partial charge in [0.25, 0.3) is 0 Å². The van der Waals surface area contributed by atoms with Gasteiger partial charge >= 0.3 is 12.1 Å². The molecule has 0 aliphatic rings. The topological polar surface area (TPSA) is 26.3 Å². The van der Waals surface area contributed by atoms with Crippen LogP contribution in [0.4, 0.5) is 13.2 Å². The van der Waals surface area contributed by atoms with Gasteiger partial charge in [-0.1, -0.05) is 30.0 Å². The van der Waals surface area contributed by atoms with Gasteiger partial charge < -0.3 is 4.74 Å². The van der Waals surface area contributed by atoms with Crippen molar-refractivity contribution >= 4 is 17.7 Å². The highest BCUT2D eigenvalue weighted by Gasteiger charge is 2.39. The van der Waals surface area contributed by atoms with E-state index in [0.29, 0.717) is 4.90 Å². The maximum Gasteiger partial charge on any atom is 0.423 e. The lowest BCUT2D eigenvalue weighted by atomic mass is 10.3. The quantitative estimate of drug-likeness (QED) is 0.475. The van der Waals surface area contributed by atoms with Gasteiger partial charge in [0, 0.05) is 4.90 Å². The van der Waals surface area contributed by atoms with Crippen molar-refractivity contribution in [2.24, 2.45) is 0 Å². The molecule has 0 spiro atoms. The zero-order chi connectivity index (χ0) is 13.6. The third-order valence-electron chi connectivity index (χ3n) is 1.86. The van der Waals surface area contributed by atoms with E-state index in [1.165, 1.54) is 6.92 Å². The molecule has 0 fully saturated rings. The molecule has 0 aliphatic heterocycles. The molecule has 18 heavy (non-hydrogen) atoms. The van der Waals surface area contributed by atoms with E-state index in [0.717, 1.165) is 17.2 Å². The first kappa shape index (κ1) is 14.6.